The lowest BCUT2D eigenvalue weighted by atomic mass is 9.88. The van der Waals surface area contributed by atoms with Gasteiger partial charge in [-0.3, -0.25) is 4.98 Å². The van der Waals surface area contributed by atoms with Gasteiger partial charge >= 0.3 is 7.12 Å². The van der Waals surface area contributed by atoms with Crippen LogP contribution in [0.5, 0.6) is 0 Å². The lowest BCUT2D eigenvalue weighted by molar-refractivity contribution is 0.00578. The van der Waals surface area contributed by atoms with Gasteiger partial charge in [-0.2, -0.15) is 0 Å². The van der Waals surface area contributed by atoms with Crippen LogP contribution < -0.4 is 0 Å². The summed E-state index contributed by atoms with van der Waals surface area (Å²) in [6.45, 7) is 10.2. The minimum absolute atomic E-state index is 0.00563. The normalized spacial score (nSPS) is 20.4. The van der Waals surface area contributed by atoms with E-state index in [1.165, 1.54) is 0 Å². The van der Waals surface area contributed by atoms with Crippen LogP contribution >= 0.6 is 0 Å². The summed E-state index contributed by atoms with van der Waals surface area (Å²) in [6, 6.07) is 1.95. The first-order valence-corrected chi connectivity index (χ1v) is 7.41. The molecule has 1 saturated heterocycles. The standard InChI is InChI=1S/C16H24BNO3/c1-6-14-13(9-12(11-19)10-18-14)7-8-17-20-15(2,3)16(4,5)21-17/h7-10,19H,6,11H2,1-5H3/b8-7+. The Bertz CT molecular complexity index is 524. The number of aliphatic hydroxyl groups excluding tert-OH is 1. The third-order valence-corrected chi connectivity index (χ3v) is 4.28. The molecule has 0 radical (unpaired) electrons. The van der Waals surface area contributed by atoms with Crippen LogP contribution in [0.2, 0.25) is 0 Å². The van der Waals surface area contributed by atoms with Gasteiger partial charge in [0.15, 0.2) is 0 Å². The van der Waals surface area contributed by atoms with Gasteiger partial charge in [0.1, 0.15) is 0 Å². The monoisotopic (exact) mass is 289 g/mol. The highest BCUT2D eigenvalue weighted by molar-refractivity contribution is 6.52. The summed E-state index contributed by atoms with van der Waals surface area (Å²) < 4.78 is 11.9. The van der Waals surface area contributed by atoms with Crippen molar-refractivity contribution in [2.45, 2.75) is 58.8 Å². The number of aromatic nitrogens is 1. The minimum Gasteiger partial charge on any atom is -0.400 e. The highest BCUT2D eigenvalue weighted by Crippen LogP contribution is 2.37. The van der Waals surface area contributed by atoms with E-state index in [1.54, 1.807) is 6.20 Å². The number of hydrogen-bond donors (Lipinski definition) is 1. The molecule has 0 spiro atoms. The summed E-state index contributed by atoms with van der Waals surface area (Å²) in [5, 5.41) is 9.23. The Morgan fingerprint density at radius 1 is 1.24 bits per heavy atom. The van der Waals surface area contributed by atoms with Crippen molar-refractivity contribution in [1.29, 1.82) is 0 Å². The van der Waals surface area contributed by atoms with Crippen molar-refractivity contribution in [3.8, 4) is 0 Å². The molecule has 0 saturated carbocycles. The molecule has 2 rings (SSSR count). The van der Waals surface area contributed by atoms with Crippen LogP contribution in [0.15, 0.2) is 18.2 Å². The number of nitrogens with zero attached hydrogens (tertiary/aromatic N) is 1. The Morgan fingerprint density at radius 2 is 1.86 bits per heavy atom. The highest BCUT2D eigenvalue weighted by atomic mass is 16.7. The fourth-order valence-electron chi connectivity index (χ4n) is 2.23. The quantitative estimate of drug-likeness (QED) is 0.866. The maximum atomic E-state index is 9.23. The number of aliphatic hydroxyl groups is 1. The van der Waals surface area contributed by atoms with Crippen LogP contribution in [-0.2, 0) is 22.3 Å². The predicted molar refractivity (Wildman–Crippen MR) is 84.7 cm³/mol. The van der Waals surface area contributed by atoms with Crippen molar-refractivity contribution in [2.75, 3.05) is 0 Å². The molecule has 0 bridgehead atoms. The lowest BCUT2D eigenvalue weighted by Gasteiger charge is -2.32. The predicted octanol–water partition coefficient (Wildman–Crippen LogP) is 2.78. The van der Waals surface area contributed by atoms with Gasteiger partial charge in [0, 0.05) is 11.9 Å². The molecule has 0 unspecified atom stereocenters. The van der Waals surface area contributed by atoms with Gasteiger partial charge in [0.25, 0.3) is 0 Å². The zero-order valence-corrected chi connectivity index (χ0v) is 13.5. The zero-order chi connectivity index (χ0) is 15.7. The molecule has 0 amide bonds. The summed E-state index contributed by atoms with van der Waals surface area (Å²) in [4.78, 5) is 4.38. The second-order valence-electron chi connectivity index (χ2n) is 6.37. The fraction of sp³-hybridized carbons (Fsp3) is 0.562. The van der Waals surface area contributed by atoms with E-state index >= 15 is 0 Å². The number of pyridine rings is 1. The van der Waals surface area contributed by atoms with E-state index in [9.17, 15) is 5.11 Å². The Morgan fingerprint density at radius 3 is 2.38 bits per heavy atom. The molecule has 0 aromatic carbocycles. The van der Waals surface area contributed by atoms with Crippen molar-refractivity contribution in [2.24, 2.45) is 0 Å². The second-order valence-corrected chi connectivity index (χ2v) is 6.37. The zero-order valence-electron chi connectivity index (χ0n) is 13.5. The van der Waals surface area contributed by atoms with E-state index in [1.807, 2.05) is 45.8 Å². The maximum Gasteiger partial charge on any atom is 0.487 e. The summed E-state index contributed by atoms with van der Waals surface area (Å²) in [5.74, 6) is 1.91. The molecule has 0 aliphatic carbocycles. The summed E-state index contributed by atoms with van der Waals surface area (Å²) in [6.07, 6.45) is 4.52. The lowest BCUT2D eigenvalue weighted by Crippen LogP contribution is -2.41. The van der Waals surface area contributed by atoms with E-state index in [2.05, 4.69) is 11.9 Å². The molecule has 5 heteroatoms. The molecule has 1 N–H and O–H groups in total. The molecular formula is C16H24BNO3. The fourth-order valence-corrected chi connectivity index (χ4v) is 2.23. The van der Waals surface area contributed by atoms with E-state index in [-0.39, 0.29) is 24.9 Å². The second kappa shape index (κ2) is 5.91. The van der Waals surface area contributed by atoms with Crippen LogP contribution in [0.25, 0.3) is 6.08 Å². The minimum atomic E-state index is -0.363. The van der Waals surface area contributed by atoms with Crippen LogP contribution in [0.1, 0.15) is 51.4 Å². The molecule has 1 aliphatic heterocycles. The van der Waals surface area contributed by atoms with Crippen LogP contribution in [-0.4, -0.2) is 28.4 Å². The molecule has 21 heavy (non-hydrogen) atoms. The molecule has 2 heterocycles. The molecule has 114 valence electrons. The molecule has 1 aromatic heterocycles. The summed E-state index contributed by atoms with van der Waals surface area (Å²) in [7, 11) is -0.363. The number of aryl methyl sites for hydroxylation is 1. The van der Waals surface area contributed by atoms with Gasteiger partial charge in [-0.25, -0.2) is 0 Å². The van der Waals surface area contributed by atoms with Crippen molar-refractivity contribution < 1.29 is 14.4 Å². The first-order valence-electron chi connectivity index (χ1n) is 7.41. The van der Waals surface area contributed by atoms with E-state index in [0.29, 0.717) is 0 Å². The van der Waals surface area contributed by atoms with Crippen molar-refractivity contribution in [3.05, 3.63) is 35.1 Å². The van der Waals surface area contributed by atoms with Crippen LogP contribution in [0, 0.1) is 0 Å². The highest BCUT2D eigenvalue weighted by Gasteiger charge is 2.49. The van der Waals surface area contributed by atoms with Gasteiger partial charge < -0.3 is 14.4 Å². The summed E-state index contributed by atoms with van der Waals surface area (Å²) in [5.41, 5.74) is 2.14. The van der Waals surface area contributed by atoms with Crippen molar-refractivity contribution in [3.63, 3.8) is 0 Å². The number of rotatable bonds is 4. The maximum absolute atomic E-state index is 9.23. The topological polar surface area (TPSA) is 51.6 Å². The van der Waals surface area contributed by atoms with Gasteiger partial charge in [0.2, 0.25) is 0 Å². The van der Waals surface area contributed by atoms with Gasteiger partial charge in [-0.05, 0) is 51.3 Å². The molecule has 4 nitrogen and oxygen atoms in total. The number of hydrogen-bond acceptors (Lipinski definition) is 4. The third kappa shape index (κ3) is 3.36. The van der Waals surface area contributed by atoms with Crippen LogP contribution in [0.3, 0.4) is 0 Å². The van der Waals surface area contributed by atoms with E-state index in [0.717, 1.165) is 23.2 Å². The van der Waals surface area contributed by atoms with Gasteiger partial charge in [0.05, 0.1) is 17.8 Å². The molecule has 0 atom stereocenters. The SMILES string of the molecule is CCc1ncc(CO)cc1/C=C/B1OC(C)(C)C(C)(C)O1. The smallest absolute Gasteiger partial charge is 0.400 e. The molecule has 1 aliphatic rings. The van der Waals surface area contributed by atoms with E-state index in [4.69, 9.17) is 9.31 Å². The first kappa shape index (κ1) is 16.2. The van der Waals surface area contributed by atoms with Crippen molar-refractivity contribution in [1.82, 2.24) is 4.98 Å². The van der Waals surface area contributed by atoms with Crippen LogP contribution in [0.4, 0.5) is 0 Å². The third-order valence-electron chi connectivity index (χ3n) is 4.28. The molecule has 1 aromatic rings. The van der Waals surface area contributed by atoms with Gasteiger partial charge in [-0.1, -0.05) is 19.0 Å². The van der Waals surface area contributed by atoms with Gasteiger partial charge in [-0.15, -0.1) is 0 Å². The van der Waals surface area contributed by atoms with E-state index < -0.39 is 0 Å². The average Bonchev–Trinajstić information content (AvgIpc) is 2.64. The van der Waals surface area contributed by atoms with Crippen molar-refractivity contribution >= 4 is 13.2 Å². The molecule has 1 fully saturated rings. The first-order chi connectivity index (χ1) is 9.79. The Kier molecular flexibility index (Phi) is 4.56. The molecular weight excluding hydrogens is 265 g/mol. The Balaban J connectivity index is 2.19. The average molecular weight is 289 g/mol. The Labute approximate surface area is 127 Å². The summed E-state index contributed by atoms with van der Waals surface area (Å²) >= 11 is 0. The Hall–Kier alpha value is -1.17. The largest absolute Gasteiger partial charge is 0.487 e.